The van der Waals surface area contributed by atoms with Gasteiger partial charge in [-0.1, -0.05) is 6.42 Å². The van der Waals surface area contributed by atoms with Crippen molar-refractivity contribution in [3.63, 3.8) is 0 Å². The Balaban J connectivity index is 2.22. The Kier molecular flexibility index (Phi) is 2.53. The SMILES string of the molecule is CSC1(C(O)c2nncn2C)CCC1. The van der Waals surface area contributed by atoms with Crippen molar-refractivity contribution >= 4 is 11.8 Å². The van der Waals surface area contributed by atoms with Crippen LogP contribution in [0, 0.1) is 0 Å². The van der Waals surface area contributed by atoms with Crippen molar-refractivity contribution in [3.05, 3.63) is 12.2 Å². The highest BCUT2D eigenvalue weighted by Gasteiger charge is 2.45. The Morgan fingerprint density at radius 3 is 2.71 bits per heavy atom. The number of rotatable bonds is 3. The number of nitrogens with zero attached hydrogens (tertiary/aromatic N) is 3. The van der Waals surface area contributed by atoms with Crippen LogP contribution < -0.4 is 0 Å². The first-order chi connectivity index (χ1) is 6.69. The van der Waals surface area contributed by atoms with E-state index >= 15 is 0 Å². The molecule has 2 rings (SSSR count). The largest absolute Gasteiger partial charge is 0.384 e. The van der Waals surface area contributed by atoms with Gasteiger partial charge in [0.1, 0.15) is 12.4 Å². The third kappa shape index (κ3) is 1.35. The molecule has 1 aromatic heterocycles. The Morgan fingerprint density at radius 1 is 1.64 bits per heavy atom. The Labute approximate surface area is 87.7 Å². The maximum atomic E-state index is 10.2. The van der Waals surface area contributed by atoms with Crippen LogP contribution in [0.15, 0.2) is 6.33 Å². The van der Waals surface area contributed by atoms with E-state index in [1.807, 2.05) is 7.05 Å². The average Bonchev–Trinajstić information content (AvgIpc) is 2.50. The second kappa shape index (κ2) is 3.55. The minimum absolute atomic E-state index is 0.0131. The van der Waals surface area contributed by atoms with Crippen LogP contribution in [-0.2, 0) is 7.05 Å². The van der Waals surface area contributed by atoms with Crippen LogP contribution in [0.25, 0.3) is 0 Å². The third-order valence-corrected chi connectivity index (χ3v) is 4.54. The van der Waals surface area contributed by atoms with Gasteiger partial charge in [0, 0.05) is 11.8 Å². The van der Waals surface area contributed by atoms with Gasteiger partial charge in [0.15, 0.2) is 5.82 Å². The molecule has 0 saturated heterocycles. The normalized spacial score (nSPS) is 21.6. The third-order valence-electron chi connectivity index (χ3n) is 3.10. The van der Waals surface area contributed by atoms with Crippen LogP contribution in [0.5, 0.6) is 0 Å². The van der Waals surface area contributed by atoms with E-state index in [1.165, 1.54) is 6.42 Å². The molecule has 0 amide bonds. The van der Waals surface area contributed by atoms with E-state index in [4.69, 9.17) is 0 Å². The minimum atomic E-state index is -0.487. The molecule has 4 nitrogen and oxygen atoms in total. The summed E-state index contributed by atoms with van der Waals surface area (Å²) in [5, 5.41) is 18.0. The predicted octanol–water partition coefficient (Wildman–Crippen LogP) is 1.13. The molecule has 1 aromatic rings. The summed E-state index contributed by atoms with van der Waals surface area (Å²) in [7, 11) is 1.87. The number of thioether (sulfide) groups is 1. The zero-order chi connectivity index (χ0) is 10.2. The van der Waals surface area contributed by atoms with Crippen molar-refractivity contribution in [2.75, 3.05) is 6.26 Å². The van der Waals surface area contributed by atoms with Gasteiger partial charge in [0.05, 0.1) is 0 Å². The Hall–Kier alpha value is -0.550. The van der Waals surface area contributed by atoms with Crippen LogP contribution in [0.2, 0.25) is 0 Å². The zero-order valence-electron chi connectivity index (χ0n) is 8.47. The molecule has 1 saturated carbocycles. The molecule has 1 aliphatic carbocycles. The van der Waals surface area contributed by atoms with Gasteiger partial charge in [0.2, 0.25) is 0 Å². The fourth-order valence-corrected chi connectivity index (χ4v) is 2.92. The number of hydrogen-bond acceptors (Lipinski definition) is 4. The van der Waals surface area contributed by atoms with Crippen molar-refractivity contribution in [1.82, 2.24) is 14.8 Å². The second-order valence-electron chi connectivity index (χ2n) is 3.83. The van der Waals surface area contributed by atoms with E-state index in [9.17, 15) is 5.11 Å². The molecule has 0 aliphatic heterocycles. The molecule has 1 aliphatic rings. The lowest BCUT2D eigenvalue weighted by Gasteiger charge is -2.43. The molecule has 0 radical (unpaired) electrons. The average molecular weight is 213 g/mol. The monoisotopic (exact) mass is 213 g/mol. The fraction of sp³-hybridized carbons (Fsp3) is 0.778. The quantitative estimate of drug-likeness (QED) is 0.818. The summed E-state index contributed by atoms with van der Waals surface area (Å²) < 4.78 is 1.78. The summed E-state index contributed by atoms with van der Waals surface area (Å²) in [5.74, 6) is 0.680. The molecule has 78 valence electrons. The van der Waals surface area contributed by atoms with Crippen molar-refractivity contribution < 1.29 is 5.11 Å². The molecule has 1 unspecified atom stereocenters. The van der Waals surface area contributed by atoms with E-state index in [-0.39, 0.29) is 4.75 Å². The molecule has 1 atom stereocenters. The highest BCUT2D eigenvalue weighted by atomic mass is 32.2. The van der Waals surface area contributed by atoms with E-state index in [1.54, 1.807) is 22.7 Å². The summed E-state index contributed by atoms with van der Waals surface area (Å²) in [4.78, 5) is 0. The van der Waals surface area contributed by atoms with Crippen LogP contribution in [-0.4, -0.2) is 30.9 Å². The van der Waals surface area contributed by atoms with Gasteiger partial charge in [-0.15, -0.1) is 10.2 Å². The van der Waals surface area contributed by atoms with E-state index in [0.717, 1.165) is 12.8 Å². The molecule has 14 heavy (non-hydrogen) atoms. The Bertz CT molecular complexity index is 316. The van der Waals surface area contributed by atoms with Crippen molar-refractivity contribution in [3.8, 4) is 0 Å². The first-order valence-corrected chi connectivity index (χ1v) is 5.99. The smallest absolute Gasteiger partial charge is 0.162 e. The lowest BCUT2D eigenvalue weighted by atomic mass is 9.79. The lowest BCUT2D eigenvalue weighted by molar-refractivity contribution is 0.0774. The molecule has 5 heteroatoms. The molecule has 0 bridgehead atoms. The van der Waals surface area contributed by atoms with Gasteiger partial charge < -0.3 is 9.67 Å². The van der Waals surface area contributed by atoms with Crippen LogP contribution in [0.4, 0.5) is 0 Å². The minimum Gasteiger partial charge on any atom is -0.384 e. The number of aliphatic hydroxyl groups excluding tert-OH is 1. The van der Waals surface area contributed by atoms with Crippen LogP contribution in [0.1, 0.15) is 31.2 Å². The van der Waals surface area contributed by atoms with Gasteiger partial charge >= 0.3 is 0 Å². The van der Waals surface area contributed by atoms with Crippen LogP contribution >= 0.6 is 11.8 Å². The lowest BCUT2D eigenvalue weighted by Crippen LogP contribution is -2.40. The maximum Gasteiger partial charge on any atom is 0.162 e. The fourth-order valence-electron chi connectivity index (χ4n) is 1.89. The molecule has 1 N–H and O–H groups in total. The molecule has 0 aromatic carbocycles. The van der Waals surface area contributed by atoms with E-state index < -0.39 is 6.10 Å². The van der Waals surface area contributed by atoms with Crippen molar-refractivity contribution in [1.29, 1.82) is 0 Å². The summed E-state index contributed by atoms with van der Waals surface area (Å²) >= 11 is 1.74. The van der Waals surface area contributed by atoms with Gasteiger partial charge in [-0.05, 0) is 19.1 Å². The number of aliphatic hydroxyl groups is 1. The first-order valence-electron chi connectivity index (χ1n) is 4.77. The highest BCUT2D eigenvalue weighted by molar-refractivity contribution is 8.00. The van der Waals surface area contributed by atoms with E-state index in [0.29, 0.717) is 5.82 Å². The summed E-state index contributed by atoms with van der Waals surface area (Å²) in [6.07, 6.45) is 6.54. The van der Waals surface area contributed by atoms with E-state index in [2.05, 4.69) is 16.5 Å². The predicted molar refractivity (Wildman–Crippen MR) is 56.1 cm³/mol. The molecule has 0 spiro atoms. The van der Waals surface area contributed by atoms with Gasteiger partial charge in [-0.3, -0.25) is 0 Å². The van der Waals surface area contributed by atoms with Crippen molar-refractivity contribution in [2.24, 2.45) is 7.05 Å². The standard InChI is InChI=1S/C9H15N3OS/c1-12-6-10-11-8(12)7(13)9(14-2)4-3-5-9/h6-7,13H,3-5H2,1-2H3. The highest BCUT2D eigenvalue weighted by Crippen LogP contribution is 2.50. The first kappa shape index (κ1) is 9.98. The van der Waals surface area contributed by atoms with Gasteiger partial charge in [-0.25, -0.2) is 0 Å². The Morgan fingerprint density at radius 2 is 2.36 bits per heavy atom. The molecular weight excluding hydrogens is 198 g/mol. The number of hydrogen-bond donors (Lipinski definition) is 1. The topological polar surface area (TPSA) is 50.9 Å². The van der Waals surface area contributed by atoms with Gasteiger partial charge in [-0.2, -0.15) is 11.8 Å². The molecular formula is C9H15N3OS. The van der Waals surface area contributed by atoms with Crippen LogP contribution in [0.3, 0.4) is 0 Å². The molecule has 1 fully saturated rings. The maximum absolute atomic E-state index is 10.2. The molecule has 1 heterocycles. The summed E-state index contributed by atoms with van der Waals surface area (Å²) in [5.41, 5.74) is 0. The second-order valence-corrected chi connectivity index (χ2v) is 5.05. The van der Waals surface area contributed by atoms with Gasteiger partial charge in [0.25, 0.3) is 0 Å². The zero-order valence-corrected chi connectivity index (χ0v) is 9.29. The number of aryl methyl sites for hydroxylation is 1. The summed E-state index contributed by atoms with van der Waals surface area (Å²) in [6, 6.07) is 0. The summed E-state index contributed by atoms with van der Waals surface area (Å²) in [6.45, 7) is 0. The van der Waals surface area contributed by atoms with Crippen molar-refractivity contribution in [2.45, 2.75) is 30.1 Å². The number of aromatic nitrogens is 3.